The van der Waals surface area contributed by atoms with Crippen LogP contribution in [0, 0.1) is 5.92 Å². The van der Waals surface area contributed by atoms with Crippen LogP contribution in [-0.4, -0.2) is 41.9 Å². The minimum atomic E-state index is -4.28. The minimum Gasteiger partial charge on any atom is -0.342 e. The minimum absolute atomic E-state index is 0.232. The molecule has 1 aliphatic carbocycles. The van der Waals surface area contributed by atoms with Crippen LogP contribution in [0.4, 0.5) is 13.2 Å². The summed E-state index contributed by atoms with van der Waals surface area (Å²) < 4.78 is 37.8. The molecule has 0 aromatic heterocycles. The lowest BCUT2D eigenvalue weighted by atomic mass is 9.84. The molecule has 25 heavy (non-hydrogen) atoms. The summed E-state index contributed by atoms with van der Waals surface area (Å²) in [6, 6.07) is 5.69. The molecule has 0 spiro atoms. The van der Waals surface area contributed by atoms with E-state index in [0.29, 0.717) is 6.54 Å². The van der Waals surface area contributed by atoms with Gasteiger partial charge in [0.15, 0.2) is 0 Å². The van der Waals surface area contributed by atoms with Gasteiger partial charge in [0.1, 0.15) is 0 Å². The monoisotopic (exact) mass is 354 g/mol. The second-order valence-corrected chi connectivity index (χ2v) is 7.28. The topological polar surface area (TPSA) is 23.6 Å². The highest BCUT2D eigenvalue weighted by Crippen LogP contribution is 2.31. The van der Waals surface area contributed by atoms with Crippen molar-refractivity contribution in [2.75, 3.05) is 20.1 Å². The zero-order chi connectivity index (χ0) is 18.0. The predicted molar refractivity (Wildman–Crippen MR) is 89.9 cm³/mol. The molecule has 1 aliphatic heterocycles. The standard InChI is InChI=1S/C19H25F3N2O/c1-23(18(25)15-3-2-4-15)17-9-11-24(12-10-17)13-14-5-7-16(8-6-14)19(20,21)22/h5-8,15,17H,2-4,9-13H2,1H3. The van der Waals surface area contributed by atoms with Gasteiger partial charge in [0.2, 0.25) is 5.91 Å². The van der Waals surface area contributed by atoms with Gasteiger partial charge in [0.25, 0.3) is 0 Å². The molecule has 6 heteroatoms. The number of benzene rings is 1. The summed E-state index contributed by atoms with van der Waals surface area (Å²) in [5.41, 5.74) is 0.288. The van der Waals surface area contributed by atoms with E-state index >= 15 is 0 Å². The molecule has 0 unspecified atom stereocenters. The number of carbonyl (C=O) groups is 1. The quantitative estimate of drug-likeness (QED) is 0.818. The van der Waals surface area contributed by atoms with Crippen molar-refractivity contribution in [2.24, 2.45) is 5.92 Å². The number of likely N-dealkylation sites (tertiary alicyclic amines) is 1. The van der Waals surface area contributed by atoms with Crippen molar-refractivity contribution in [3.63, 3.8) is 0 Å². The third-order valence-corrected chi connectivity index (χ3v) is 5.59. The third kappa shape index (κ3) is 4.35. The zero-order valence-corrected chi connectivity index (χ0v) is 14.6. The maximum Gasteiger partial charge on any atom is 0.416 e. The Morgan fingerprint density at radius 1 is 1.12 bits per heavy atom. The van der Waals surface area contributed by atoms with Crippen molar-refractivity contribution in [1.82, 2.24) is 9.80 Å². The van der Waals surface area contributed by atoms with Gasteiger partial charge in [0, 0.05) is 38.6 Å². The number of halogens is 3. The maximum atomic E-state index is 12.6. The molecule has 3 rings (SSSR count). The molecule has 1 amide bonds. The Morgan fingerprint density at radius 3 is 2.20 bits per heavy atom. The van der Waals surface area contributed by atoms with Crippen molar-refractivity contribution in [3.8, 4) is 0 Å². The summed E-state index contributed by atoms with van der Waals surface area (Å²) in [4.78, 5) is 16.5. The molecule has 2 aliphatic rings. The van der Waals surface area contributed by atoms with E-state index in [4.69, 9.17) is 0 Å². The summed E-state index contributed by atoms with van der Waals surface area (Å²) >= 11 is 0. The van der Waals surface area contributed by atoms with Crippen molar-refractivity contribution < 1.29 is 18.0 Å². The lowest BCUT2D eigenvalue weighted by Gasteiger charge is -2.39. The highest BCUT2D eigenvalue weighted by molar-refractivity contribution is 5.79. The van der Waals surface area contributed by atoms with E-state index in [0.717, 1.165) is 62.9 Å². The van der Waals surface area contributed by atoms with Crippen LogP contribution < -0.4 is 0 Å². The first kappa shape index (κ1) is 18.2. The molecule has 3 nitrogen and oxygen atoms in total. The van der Waals surface area contributed by atoms with Crippen LogP contribution in [0.1, 0.15) is 43.2 Å². The van der Waals surface area contributed by atoms with E-state index in [1.54, 1.807) is 12.1 Å². The highest BCUT2D eigenvalue weighted by atomic mass is 19.4. The Balaban J connectivity index is 1.48. The Kier molecular flexibility index (Phi) is 5.37. The molecule has 1 saturated heterocycles. The van der Waals surface area contributed by atoms with Crippen LogP contribution in [0.15, 0.2) is 24.3 Å². The highest BCUT2D eigenvalue weighted by Gasteiger charge is 2.33. The Hall–Kier alpha value is -1.56. The van der Waals surface area contributed by atoms with E-state index in [2.05, 4.69) is 4.90 Å². The molecule has 0 N–H and O–H groups in total. The SMILES string of the molecule is CN(C(=O)C1CCC1)C1CCN(Cc2ccc(C(F)(F)F)cc2)CC1. The summed E-state index contributed by atoms with van der Waals surface area (Å²) in [6.45, 7) is 2.40. The summed E-state index contributed by atoms with van der Waals surface area (Å²) in [7, 11) is 1.91. The Labute approximate surface area is 146 Å². The summed E-state index contributed by atoms with van der Waals surface area (Å²) in [5.74, 6) is 0.516. The maximum absolute atomic E-state index is 12.6. The number of hydrogen-bond acceptors (Lipinski definition) is 2. The normalized spacial score (nSPS) is 20.3. The number of alkyl halides is 3. The Bertz CT molecular complexity index is 588. The number of nitrogens with zero attached hydrogens (tertiary/aromatic N) is 2. The van der Waals surface area contributed by atoms with E-state index in [1.807, 2.05) is 11.9 Å². The van der Waals surface area contributed by atoms with Crippen LogP contribution in [0.2, 0.25) is 0 Å². The fraction of sp³-hybridized carbons (Fsp3) is 0.632. The van der Waals surface area contributed by atoms with Crippen LogP contribution in [-0.2, 0) is 17.5 Å². The molecular formula is C19H25F3N2O. The molecule has 1 aromatic carbocycles. The van der Waals surface area contributed by atoms with E-state index < -0.39 is 11.7 Å². The summed E-state index contributed by atoms with van der Waals surface area (Å²) in [6.07, 6.45) is 0.779. The number of piperidine rings is 1. The van der Waals surface area contributed by atoms with Gasteiger partial charge in [-0.3, -0.25) is 9.69 Å². The molecule has 0 bridgehead atoms. The van der Waals surface area contributed by atoms with Gasteiger partial charge in [-0.2, -0.15) is 13.2 Å². The van der Waals surface area contributed by atoms with Gasteiger partial charge in [-0.25, -0.2) is 0 Å². The largest absolute Gasteiger partial charge is 0.416 e. The van der Waals surface area contributed by atoms with Crippen molar-refractivity contribution >= 4 is 5.91 Å². The van der Waals surface area contributed by atoms with Gasteiger partial charge >= 0.3 is 6.18 Å². The van der Waals surface area contributed by atoms with Crippen LogP contribution >= 0.6 is 0 Å². The van der Waals surface area contributed by atoms with Gasteiger partial charge in [0.05, 0.1) is 5.56 Å². The molecule has 1 saturated carbocycles. The van der Waals surface area contributed by atoms with Crippen LogP contribution in [0.25, 0.3) is 0 Å². The first-order chi connectivity index (χ1) is 11.8. The van der Waals surface area contributed by atoms with Crippen LogP contribution in [0.3, 0.4) is 0 Å². The third-order valence-electron chi connectivity index (χ3n) is 5.59. The second-order valence-electron chi connectivity index (χ2n) is 7.28. The zero-order valence-electron chi connectivity index (χ0n) is 14.6. The first-order valence-electron chi connectivity index (χ1n) is 9.00. The average Bonchev–Trinajstić information content (AvgIpc) is 2.53. The number of carbonyl (C=O) groups excluding carboxylic acids is 1. The lowest BCUT2D eigenvalue weighted by molar-refractivity contribution is -0.140. The Morgan fingerprint density at radius 2 is 1.72 bits per heavy atom. The molecule has 2 fully saturated rings. The van der Waals surface area contributed by atoms with Gasteiger partial charge < -0.3 is 4.90 Å². The molecular weight excluding hydrogens is 329 g/mol. The van der Waals surface area contributed by atoms with E-state index in [9.17, 15) is 18.0 Å². The molecule has 0 atom stereocenters. The van der Waals surface area contributed by atoms with E-state index in [1.165, 1.54) is 0 Å². The number of amides is 1. The van der Waals surface area contributed by atoms with Crippen molar-refractivity contribution in [3.05, 3.63) is 35.4 Å². The van der Waals surface area contributed by atoms with Crippen LogP contribution in [0.5, 0.6) is 0 Å². The lowest BCUT2D eigenvalue weighted by Crippen LogP contribution is -2.48. The van der Waals surface area contributed by atoms with Crippen molar-refractivity contribution in [1.29, 1.82) is 0 Å². The smallest absolute Gasteiger partial charge is 0.342 e. The fourth-order valence-corrected chi connectivity index (χ4v) is 3.65. The number of rotatable bonds is 4. The average molecular weight is 354 g/mol. The molecule has 1 heterocycles. The van der Waals surface area contributed by atoms with Gasteiger partial charge in [-0.1, -0.05) is 18.6 Å². The van der Waals surface area contributed by atoms with Gasteiger partial charge in [-0.15, -0.1) is 0 Å². The molecule has 1 aromatic rings. The number of hydrogen-bond donors (Lipinski definition) is 0. The second kappa shape index (κ2) is 7.36. The van der Waals surface area contributed by atoms with Crippen molar-refractivity contribution in [2.45, 2.75) is 50.9 Å². The fourth-order valence-electron chi connectivity index (χ4n) is 3.65. The predicted octanol–water partition coefficient (Wildman–Crippen LogP) is 3.93. The molecule has 0 radical (unpaired) electrons. The first-order valence-corrected chi connectivity index (χ1v) is 9.00. The summed E-state index contributed by atoms with van der Waals surface area (Å²) in [5, 5.41) is 0. The molecule has 138 valence electrons. The van der Waals surface area contributed by atoms with Gasteiger partial charge in [-0.05, 0) is 43.4 Å². The van der Waals surface area contributed by atoms with E-state index in [-0.39, 0.29) is 17.9 Å².